The number of hydrogen-bond donors (Lipinski definition) is 1. The molecule has 2 saturated heterocycles. The number of hydrogen-bond acceptors (Lipinski definition) is 3. The molecule has 1 aromatic carbocycles. The van der Waals surface area contributed by atoms with Crippen molar-refractivity contribution in [1.29, 1.82) is 0 Å². The molecule has 1 aromatic rings. The molecule has 0 spiro atoms. The fraction of sp³-hybridized carbons (Fsp3) is 0.647. The molecule has 2 heterocycles. The monoisotopic (exact) mass is 351 g/mol. The quantitative estimate of drug-likeness (QED) is 0.904. The summed E-state index contributed by atoms with van der Waals surface area (Å²) < 4.78 is 1.26. The predicted octanol–water partition coefficient (Wildman–Crippen LogP) is 3.00. The van der Waals surface area contributed by atoms with E-state index in [-0.39, 0.29) is 0 Å². The average molecular weight is 352 g/mol. The molecule has 2 aliphatic rings. The van der Waals surface area contributed by atoms with Crippen molar-refractivity contribution in [2.75, 3.05) is 33.2 Å². The second kappa shape index (κ2) is 6.78. The fourth-order valence-corrected chi connectivity index (χ4v) is 4.27. The lowest BCUT2D eigenvalue weighted by Gasteiger charge is -2.21. The first kappa shape index (κ1) is 15.5. The minimum Gasteiger partial charge on any atom is -0.330 e. The van der Waals surface area contributed by atoms with Crippen LogP contribution in [0.3, 0.4) is 0 Å². The van der Waals surface area contributed by atoms with Gasteiger partial charge < -0.3 is 5.73 Å². The Balaban J connectivity index is 1.71. The molecule has 0 radical (unpaired) electrons. The van der Waals surface area contributed by atoms with Crippen molar-refractivity contribution in [3.63, 3.8) is 0 Å². The molecule has 3 nitrogen and oxygen atoms in total. The summed E-state index contributed by atoms with van der Waals surface area (Å²) in [6.45, 7) is 5.49. The van der Waals surface area contributed by atoms with E-state index >= 15 is 0 Å². The molecule has 2 fully saturated rings. The number of nitrogens with two attached hydrogens (primary N) is 1. The van der Waals surface area contributed by atoms with Crippen molar-refractivity contribution >= 4 is 15.9 Å². The summed E-state index contributed by atoms with van der Waals surface area (Å²) in [5.74, 6) is 0.642. The van der Waals surface area contributed by atoms with Gasteiger partial charge in [0.25, 0.3) is 0 Å². The van der Waals surface area contributed by atoms with Crippen molar-refractivity contribution < 1.29 is 0 Å². The van der Waals surface area contributed by atoms with Gasteiger partial charge in [0.05, 0.1) is 0 Å². The minimum absolute atomic E-state index is 0.524. The first-order valence-electron chi connectivity index (χ1n) is 8.08. The van der Waals surface area contributed by atoms with Crippen LogP contribution in [0.15, 0.2) is 22.7 Å². The van der Waals surface area contributed by atoms with Gasteiger partial charge in [-0.2, -0.15) is 0 Å². The zero-order valence-corrected chi connectivity index (χ0v) is 14.5. The van der Waals surface area contributed by atoms with E-state index in [1.165, 1.54) is 48.0 Å². The molecule has 0 aliphatic carbocycles. The van der Waals surface area contributed by atoms with Gasteiger partial charge in [0.2, 0.25) is 0 Å². The number of halogens is 1. The Morgan fingerprint density at radius 3 is 2.67 bits per heavy atom. The third kappa shape index (κ3) is 3.50. The lowest BCUT2D eigenvalue weighted by Crippen LogP contribution is -2.21. The summed E-state index contributed by atoms with van der Waals surface area (Å²) >= 11 is 3.78. The van der Waals surface area contributed by atoms with E-state index in [2.05, 4.69) is 51.0 Å². The largest absolute Gasteiger partial charge is 0.330 e. The summed E-state index contributed by atoms with van der Waals surface area (Å²) in [6, 6.07) is 7.47. The Kier molecular flexibility index (Phi) is 4.99. The predicted molar refractivity (Wildman–Crippen MR) is 91.2 cm³/mol. The van der Waals surface area contributed by atoms with Crippen LogP contribution in [-0.2, 0) is 6.54 Å². The van der Waals surface area contributed by atoms with Crippen LogP contribution in [0.25, 0.3) is 0 Å². The normalized spacial score (nSPS) is 27.6. The zero-order valence-electron chi connectivity index (χ0n) is 12.9. The van der Waals surface area contributed by atoms with Crippen molar-refractivity contribution in [3.8, 4) is 0 Å². The highest BCUT2D eigenvalue weighted by atomic mass is 79.9. The smallest absolute Gasteiger partial charge is 0.0349 e. The van der Waals surface area contributed by atoms with Gasteiger partial charge in [-0.25, -0.2) is 0 Å². The molecule has 0 amide bonds. The van der Waals surface area contributed by atoms with Gasteiger partial charge >= 0.3 is 0 Å². The van der Waals surface area contributed by atoms with Crippen LogP contribution < -0.4 is 5.73 Å². The summed E-state index contributed by atoms with van der Waals surface area (Å²) in [5, 5.41) is 0. The number of rotatable bonds is 4. The summed E-state index contributed by atoms with van der Waals surface area (Å²) in [6.07, 6.45) is 3.89. The SMILES string of the molecule is CN1CC(CN)CC1c1ccc(CN2CCCC2)c(Br)c1. The fourth-order valence-electron chi connectivity index (χ4n) is 3.75. The molecule has 116 valence electrons. The molecule has 21 heavy (non-hydrogen) atoms. The van der Waals surface area contributed by atoms with E-state index in [0.29, 0.717) is 12.0 Å². The van der Waals surface area contributed by atoms with Crippen LogP contribution >= 0.6 is 15.9 Å². The lowest BCUT2D eigenvalue weighted by molar-refractivity contribution is 0.313. The van der Waals surface area contributed by atoms with Gasteiger partial charge in [-0.1, -0.05) is 28.1 Å². The van der Waals surface area contributed by atoms with Crippen LogP contribution in [0.5, 0.6) is 0 Å². The van der Waals surface area contributed by atoms with Gasteiger partial charge in [-0.05, 0) is 69.1 Å². The van der Waals surface area contributed by atoms with Crippen molar-refractivity contribution in [1.82, 2.24) is 9.80 Å². The minimum atomic E-state index is 0.524. The molecular formula is C17H26BrN3. The lowest BCUT2D eigenvalue weighted by atomic mass is 9.99. The third-order valence-corrected chi connectivity index (χ3v) is 5.76. The van der Waals surface area contributed by atoms with E-state index in [1.807, 2.05) is 0 Å². The van der Waals surface area contributed by atoms with Crippen molar-refractivity contribution in [2.24, 2.45) is 11.7 Å². The Hall–Kier alpha value is -0.420. The molecule has 2 N–H and O–H groups in total. The maximum Gasteiger partial charge on any atom is 0.0349 e. The van der Waals surface area contributed by atoms with Crippen LogP contribution in [0.4, 0.5) is 0 Å². The topological polar surface area (TPSA) is 32.5 Å². The average Bonchev–Trinajstić information content (AvgIpc) is 3.10. The Morgan fingerprint density at radius 2 is 2.05 bits per heavy atom. The Bertz CT molecular complexity index is 485. The van der Waals surface area contributed by atoms with Gasteiger partial charge in [0, 0.05) is 23.6 Å². The highest BCUT2D eigenvalue weighted by Crippen LogP contribution is 2.35. The van der Waals surface area contributed by atoms with Gasteiger partial charge in [0.15, 0.2) is 0 Å². The van der Waals surface area contributed by atoms with E-state index in [4.69, 9.17) is 5.73 Å². The second-order valence-corrected chi connectivity index (χ2v) is 7.48. The Morgan fingerprint density at radius 1 is 1.29 bits per heavy atom. The first-order valence-corrected chi connectivity index (χ1v) is 8.87. The highest BCUT2D eigenvalue weighted by molar-refractivity contribution is 9.10. The molecular weight excluding hydrogens is 326 g/mol. The summed E-state index contributed by atoms with van der Waals surface area (Å²) in [4.78, 5) is 4.99. The van der Waals surface area contributed by atoms with E-state index < -0.39 is 0 Å². The standard InChI is InChI=1S/C17H26BrN3/c1-20-11-13(10-19)8-17(20)14-4-5-15(16(18)9-14)12-21-6-2-3-7-21/h4-5,9,13,17H,2-3,6-8,10-12,19H2,1H3. The molecule has 0 bridgehead atoms. The van der Waals surface area contributed by atoms with Crippen molar-refractivity contribution in [2.45, 2.75) is 31.8 Å². The molecule has 2 aliphatic heterocycles. The maximum absolute atomic E-state index is 5.84. The maximum atomic E-state index is 5.84. The molecule has 4 heteroatoms. The first-order chi connectivity index (χ1) is 10.2. The molecule has 0 saturated carbocycles. The van der Waals surface area contributed by atoms with E-state index in [9.17, 15) is 0 Å². The molecule has 0 aromatic heterocycles. The van der Waals surface area contributed by atoms with Crippen LogP contribution in [0.1, 0.15) is 36.4 Å². The number of likely N-dealkylation sites (tertiary alicyclic amines) is 2. The van der Waals surface area contributed by atoms with Crippen LogP contribution in [-0.4, -0.2) is 43.0 Å². The van der Waals surface area contributed by atoms with Crippen LogP contribution in [0, 0.1) is 5.92 Å². The zero-order chi connectivity index (χ0) is 14.8. The second-order valence-electron chi connectivity index (χ2n) is 6.63. The van der Waals surface area contributed by atoms with Gasteiger partial charge in [0.1, 0.15) is 0 Å². The molecule has 2 unspecified atom stereocenters. The third-order valence-electron chi connectivity index (χ3n) is 5.02. The number of nitrogens with zero attached hydrogens (tertiary/aromatic N) is 2. The molecule has 2 atom stereocenters. The summed E-state index contributed by atoms with van der Waals surface area (Å²) in [5.41, 5.74) is 8.68. The molecule has 3 rings (SSSR count). The van der Waals surface area contributed by atoms with E-state index in [1.54, 1.807) is 0 Å². The van der Waals surface area contributed by atoms with E-state index in [0.717, 1.165) is 19.6 Å². The number of benzene rings is 1. The summed E-state index contributed by atoms with van der Waals surface area (Å²) in [7, 11) is 2.21. The van der Waals surface area contributed by atoms with Gasteiger partial charge in [-0.3, -0.25) is 9.80 Å². The van der Waals surface area contributed by atoms with Crippen molar-refractivity contribution in [3.05, 3.63) is 33.8 Å². The van der Waals surface area contributed by atoms with Crippen LogP contribution in [0.2, 0.25) is 0 Å². The Labute approximate surface area is 136 Å². The van der Waals surface area contributed by atoms with Gasteiger partial charge in [-0.15, -0.1) is 0 Å². The highest BCUT2D eigenvalue weighted by Gasteiger charge is 2.29.